The van der Waals surface area contributed by atoms with Crippen LogP contribution >= 0.6 is 11.3 Å². The van der Waals surface area contributed by atoms with Crippen molar-refractivity contribution in [1.29, 1.82) is 0 Å². The summed E-state index contributed by atoms with van der Waals surface area (Å²) in [6.45, 7) is 4.33. The highest BCUT2D eigenvalue weighted by atomic mass is 32.1. The first-order valence-corrected chi connectivity index (χ1v) is 10.8. The van der Waals surface area contributed by atoms with Gasteiger partial charge in [0.25, 0.3) is 5.91 Å². The third-order valence-corrected chi connectivity index (χ3v) is 6.74. The van der Waals surface area contributed by atoms with Gasteiger partial charge in [-0.1, -0.05) is 19.4 Å². The molecule has 0 spiro atoms. The van der Waals surface area contributed by atoms with Gasteiger partial charge in [0.05, 0.1) is 0 Å². The van der Waals surface area contributed by atoms with Crippen molar-refractivity contribution in [2.24, 2.45) is 5.92 Å². The van der Waals surface area contributed by atoms with Crippen LogP contribution in [0.5, 0.6) is 11.5 Å². The quantitative estimate of drug-likeness (QED) is 0.726. The molecule has 0 saturated carbocycles. The van der Waals surface area contributed by atoms with Crippen molar-refractivity contribution in [1.82, 2.24) is 5.32 Å². The summed E-state index contributed by atoms with van der Waals surface area (Å²) in [4.78, 5) is 26.7. The fourth-order valence-corrected chi connectivity index (χ4v) is 4.80. The highest BCUT2D eigenvalue weighted by molar-refractivity contribution is 7.14. The van der Waals surface area contributed by atoms with Gasteiger partial charge >= 0.3 is 5.97 Å². The molecule has 0 radical (unpaired) electrons. The van der Waals surface area contributed by atoms with Crippen LogP contribution in [-0.2, 0) is 28.9 Å². The summed E-state index contributed by atoms with van der Waals surface area (Å²) in [6, 6.07) is 7.46. The zero-order valence-electron chi connectivity index (χ0n) is 16.7. The van der Waals surface area contributed by atoms with E-state index in [4.69, 9.17) is 14.2 Å². The fourth-order valence-electron chi connectivity index (χ4n) is 3.70. The second-order valence-corrected chi connectivity index (χ2v) is 8.67. The van der Waals surface area contributed by atoms with Crippen molar-refractivity contribution in [3.8, 4) is 11.5 Å². The van der Waals surface area contributed by atoms with E-state index in [1.54, 1.807) is 6.92 Å². The average molecular weight is 416 g/mol. The molecule has 2 heterocycles. The van der Waals surface area contributed by atoms with Crippen LogP contribution < -0.4 is 14.8 Å². The molecule has 1 N–H and O–H groups in total. The summed E-state index contributed by atoms with van der Waals surface area (Å²) < 4.78 is 16.0. The molecule has 1 aliphatic heterocycles. The highest BCUT2D eigenvalue weighted by Crippen LogP contribution is 2.34. The Morgan fingerprint density at radius 1 is 1.28 bits per heavy atom. The van der Waals surface area contributed by atoms with E-state index in [0.29, 0.717) is 28.8 Å². The molecule has 0 saturated heterocycles. The minimum Gasteiger partial charge on any atom is -0.454 e. The predicted octanol–water partition coefficient (Wildman–Crippen LogP) is 3.85. The molecule has 2 atom stereocenters. The smallest absolute Gasteiger partial charge is 0.349 e. The van der Waals surface area contributed by atoms with Crippen LogP contribution in [-0.4, -0.2) is 24.8 Å². The number of hydrogen-bond acceptors (Lipinski definition) is 6. The van der Waals surface area contributed by atoms with Gasteiger partial charge in [-0.2, -0.15) is 0 Å². The number of esters is 1. The maximum Gasteiger partial charge on any atom is 0.349 e. The van der Waals surface area contributed by atoms with E-state index < -0.39 is 12.1 Å². The molecule has 0 fully saturated rings. The molecule has 1 aromatic carbocycles. The standard InChI is InChI=1S/C22H25NO5S/c1-3-14-5-7-19-16(8-14)10-20(29-19)22(25)28-13(2)21(24)23-11-15-4-6-17-18(9-15)27-12-26-17/h4,6,9-10,13-14H,3,5,7-8,11-12H2,1-2H3,(H,23,24)/t13-,14-/m1/s1. The van der Waals surface area contributed by atoms with Crippen molar-refractivity contribution in [3.05, 3.63) is 45.1 Å². The lowest BCUT2D eigenvalue weighted by atomic mass is 9.87. The van der Waals surface area contributed by atoms with Crippen molar-refractivity contribution >= 4 is 23.2 Å². The molecule has 0 bridgehead atoms. The van der Waals surface area contributed by atoms with E-state index in [9.17, 15) is 9.59 Å². The SMILES string of the molecule is CC[C@@H]1CCc2sc(C(=O)O[C@H](C)C(=O)NCc3ccc4c(c3)OCO4)cc2C1. The molecule has 4 rings (SSSR count). The molecule has 6 nitrogen and oxygen atoms in total. The molecule has 29 heavy (non-hydrogen) atoms. The molecule has 1 amide bonds. The van der Waals surface area contributed by atoms with Gasteiger partial charge in [-0.3, -0.25) is 4.79 Å². The molecule has 154 valence electrons. The largest absolute Gasteiger partial charge is 0.454 e. The second kappa shape index (κ2) is 8.45. The first-order chi connectivity index (χ1) is 14.0. The topological polar surface area (TPSA) is 73.9 Å². The minimum absolute atomic E-state index is 0.212. The molecule has 2 aliphatic rings. The van der Waals surface area contributed by atoms with Crippen molar-refractivity contribution < 1.29 is 23.8 Å². The van der Waals surface area contributed by atoms with Gasteiger partial charge < -0.3 is 19.5 Å². The lowest BCUT2D eigenvalue weighted by molar-refractivity contribution is -0.129. The molecule has 1 aromatic heterocycles. The van der Waals surface area contributed by atoms with Crippen molar-refractivity contribution in [3.63, 3.8) is 0 Å². The number of hydrogen-bond donors (Lipinski definition) is 1. The number of aryl methyl sites for hydroxylation is 1. The summed E-state index contributed by atoms with van der Waals surface area (Å²) in [7, 11) is 0. The van der Waals surface area contributed by atoms with E-state index in [1.165, 1.54) is 28.2 Å². The third kappa shape index (κ3) is 4.40. The minimum atomic E-state index is -0.862. The maximum atomic E-state index is 12.5. The first-order valence-electron chi connectivity index (χ1n) is 10.0. The van der Waals surface area contributed by atoms with Gasteiger partial charge in [0, 0.05) is 11.4 Å². The van der Waals surface area contributed by atoms with Crippen LogP contribution in [0.2, 0.25) is 0 Å². The van der Waals surface area contributed by atoms with Gasteiger partial charge in [-0.25, -0.2) is 4.79 Å². The Morgan fingerprint density at radius 2 is 2.10 bits per heavy atom. The molecule has 7 heteroatoms. The summed E-state index contributed by atoms with van der Waals surface area (Å²) in [5.74, 6) is 1.31. The highest BCUT2D eigenvalue weighted by Gasteiger charge is 2.25. The summed E-state index contributed by atoms with van der Waals surface area (Å²) >= 11 is 1.50. The molecule has 2 aromatic rings. The van der Waals surface area contributed by atoms with Crippen LogP contribution in [0.3, 0.4) is 0 Å². The normalized spacial score (nSPS) is 18.1. The van der Waals surface area contributed by atoms with Crippen LogP contribution in [0.25, 0.3) is 0 Å². The Morgan fingerprint density at radius 3 is 2.93 bits per heavy atom. The van der Waals surface area contributed by atoms with Crippen LogP contribution in [0.1, 0.15) is 52.4 Å². The molecular formula is C22H25NO5S. The number of fused-ring (bicyclic) bond motifs is 2. The third-order valence-electron chi connectivity index (χ3n) is 5.52. The van der Waals surface area contributed by atoms with Gasteiger partial charge in [-0.05, 0) is 61.4 Å². The van der Waals surface area contributed by atoms with Crippen LogP contribution in [0.15, 0.2) is 24.3 Å². The molecule has 1 aliphatic carbocycles. The lowest BCUT2D eigenvalue weighted by Gasteiger charge is -2.19. The number of nitrogens with one attached hydrogen (secondary N) is 1. The van der Waals surface area contributed by atoms with Gasteiger partial charge in [0.1, 0.15) is 4.88 Å². The number of thiophene rings is 1. The van der Waals surface area contributed by atoms with Crippen LogP contribution in [0.4, 0.5) is 0 Å². The Balaban J connectivity index is 1.30. The first kappa shape index (κ1) is 19.8. The Kier molecular flexibility index (Phi) is 5.76. The Bertz CT molecular complexity index is 922. The molecule has 0 unspecified atom stereocenters. The van der Waals surface area contributed by atoms with Crippen molar-refractivity contribution in [2.45, 2.75) is 52.2 Å². The predicted molar refractivity (Wildman–Crippen MR) is 109 cm³/mol. The molecular weight excluding hydrogens is 390 g/mol. The number of carbonyl (C=O) groups excluding carboxylic acids is 2. The van der Waals surface area contributed by atoms with E-state index in [1.807, 2.05) is 24.3 Å². The number of ether oxygens (including phenoxy) is 3. The zero-order chi connectivity index (χ0) is 20.4. The number of amides is 1. The maximum absolute atomic E-state index is 12.5. The Labute approximate surface area is 174 Å². The number of benzene rings is 1. The van der Waals surface area contributed by atoms with E-state index in [-0.39, 0.29) is 12.7 Å². The number of carbonyl (C=O) groups is 2. The summed E-state index contributed by atoms with van der Waals surface area (Å²) in [5.41, 5.74) is 2.15. The number of rotatable bonds is 6. The van der Waals surface area contributed by atoms with E-state index in [2.05, 4.69) is 12.2 Å². The second-order valence-electron chi connectivity index (χ2n) is 7.53. The van der Waals surface area contributed by atoms with E-state index in [0.717, 1.165) is 24.8 Å². The van der Waals surface area contributed by atoms with Crippen LogP contribution in [0, 0.1) is 5.92 Å². The summed E-state index contributed by atoms with van der Waals surface area (Å²) in [6.07, 6.45) is 3.53. The van der Waals surface area contributed by atoms with Gasteiger partial charge in [0.15, 0.2) is 17.6 Å². The Hall–Kier alpha value is -2.54. The summed E-state index contributed by atoms with van der Waals surface area (Å²) in [5, 5.41) is 2.80. The fraction of sp³-hybridized carbons (Fsp3) is 0.455. The van der Waals surface area contributed by atoms with Crippen molar-refractivity contribution in [2.75, 3.05) is 6.79 Å². The average Bonchev–Trinajstić information content (AvgIpc) is 3.37. The monoisotopic (exact) mass is 415 g/mol. The van der Waals surface area contributed by atoms with Gasteiger partial charge in [0.2, 0.25) is 6.79 Å². The van der Waals surface area contributed by atoms with Gasteiger partial charge in [-0.15, -0.1) is 11.3 Å². The van der Waals surface area contributed by atoms with E-state index >= 15 is 0 Å². The zero-order valence-corrected chi connectivity index (χ0v) is 17.5. The lowest BCUT2D eigenvalue weighted by Crippen LogP contribution is -2.35.